The number of ketones is 1. The molecule has 0 amide bonds. The van der Waals surface area contributed by atoms with Crippen molar-refractivity contribution in [1.29, 1.82) is 0 Å². The summed E-state index contributed by atoms with van der Waals surface area (Å²) in [5.41, 5.74) is 0.609. The normalized spacial score (nSPS) is 12.4. The second-order valence-corrected chi connectivity index (χ2v) is 2.92. The van der Waals surface area contributed by atoms with Crippen LogP contribution in [0.25, 0.3) is 0 Å². The number of hydrogen-bond donors (Lipinski definition) is 1. The minimum Gasteiger partial charge on any atom is -0.380 e. The number of aliphatic hydroxyl groups is 1. The van der Waals surface area contributed by atoms with E-state index in [1.165, 1.54) is 0 Å². The van der Waals surface area contributed by atoms with Crippen LogP contribution < -0.4 is 0 Å². The van der Waals surface area contributed by atoms with Gasteiger partial charge in [0.25, 0.3) is 0 Å². The summed E-state index contributed by atoms with van der Waals surface area (Å²) in [6.45, 7) is 2.25. The van der Waals surface area contributed by atoms with Crippen LogP contribution >= 0.6 is 0 Å². The van der Waals surface area contributed by atoms with Crippen molar-refractivity contribution in [2.75, 3.05) is 13.2 Å². The molecular weight excluding hydrogens is 180 g/mol. The summed E-state index contributed by atoms with van der Waals surface area (Å²) < 4.78 is 4.93. The number of hydrogen-bond acceptors (Lipinski definition) is 3. The van der Waals surface area contributed by atoms with Gasteiger partial charge in [0.1, 0.15) is 12.7 Å². The molecule has 0 heterocycles. The lowest BCUT2D eigenvalue weighted by Crippen LogP contribution is -2.17. The Hall–Kier alpha value is -1.19. The highest BCUT2D eigenvalue weighted by Crippen LogP contribution is 2.12. The Morgan fingerprint density at radius 3 is 2.64 bits per heavy atom. The molecule has 76 valence electrons. The predicted molar refractivity (Wildman–Crippen MR) is 52.9 cm³/mol. The van der Waals surface area contributed by atoms with Crippen molar-refractivity contribution >= 4 is 5.78 Å². The lowest BCUT2D eigenvalue weighted by atomic mass is 10.1. The minimum absolute atomic E-state index is 0.0352. The quantitative estimate of drug-likeness (QED) is 0.769. The van der Waals surface area contributed by atoms with Crippen LogP contribution in [0.15, 0.2) is 30.3 Å². The third-order valence-corrected chi connectivity index (χ3v) is 1.87. The maximum absolute atomic E-state index is 11.3. The monoisotopic (exact) mass is 194 g/mol. The van der Waals surface area contributed by atoms with Crippen molar-refractivity contribution in [2.45, 2.75) is 13.0 Å². The van der Waals surface area contributed by atoms with E-state index in [0.29, 0.717) is 12.2 Å². The molecule has 0 aliphatic carbocycles. The third-order valence-electron chi connectivity index (χ3n) is 1.87. The summed E-state index contributed by atoms with van der Waals surface area (Å²) in [6, 6.07) is 8.84. The molecule has 3 heteroatoms. The molecule has 1 aromatic carbocycles. The molecule has 0 aliphatic rings. The van der Waals surface area contributed by atoms with E-state index in [-0.39, 0.29) is 12.4 Å². The van der Waals surface area contributed by atoms with E-state index in [9.17, 15) is 9.90 Å². The van der Waals surface area contributed by atoms with Gasteiger partial charge in [0.05, 0.1) is 0 Å². The van der Waals surface area contributed by atoms with Gasteiger partial charge >= 0.3 is 0 Å². The molecule has 1 aromatic rings. The number of aliphatic hydroxyl groups excluding tert-OH is 1. The van der Waals surface area contributed by atoms with E-state index < -0.39 is 6.10 Å². The topological polar surface area (TPSA) is 46.5 Å². The Kier molecular flexibility index (Phi) is 4.29. The van der Waals surface area contributed by atoms with E-state index >= 15 is 0 Å². The smallest absolute Gasteiger partial charge is 0.191 e. The average Bonchev–Trinajstić information content (AvgIpc) is 2.26. The number of ether oxygens (including phenoxy) is 1. The van der Waals surface area contributed by atoms with Crippen molar-refractivity contribution in [3.63, 3.8) is 0 Å². The maximum atomic E-state index is 11.3. The molecule has 14 heavy (non-hydrogen) atoms. The molecule has 0 aliphatic heterocycles. The van der Waals surface area contributed by atoms with Gasteiger partial charge in [-0.3, -0.25) is 4.79 Å². The van der Waals surface area contributed by atoms with Crippen LogP contribution in [-0.2, 0) is 9.53 Å². The van der Waals surface area contributed by atoms with E-state index in [1.807, 2.05) is 13.0 Å². The summed E-state index contributed by atoms with van der Waals surface area (Å²) in [5, 5.41) is 9.59. The second kappa shape index (κ2) is 5.52. The largest absolute Gasteiger partial charge is 0.380 e. The summed E-state index contributed by atoms with van der Waals surface area (Å²) in [7, 11) is 0. The number of Topliss-reactive ketones (excluding diaryl/α,β-unsaturated/α-hetero) is 1. The van der Waals surface area contributed by atoms with Crippen LogP contribution in [-0.4, -0.2) is 24.1 Å². The first-order valence-corrected chi connectivity index (χ1v) is 4.59. The summed E-state index contributed by atoms with van der Waals surface area (Å²) in [6.07, 6.45) is -1.07. The number of carbonyl (C=O) groups is 1. The highest BCUT2D eigenvalue weighted by Gasteiger charge is 2.16. The Labute approximate surface area is 83.3 Å². The molecule has 0 aromatic heterocycles. The van der Waals surface area contributed by atoms with Gasteiger partial charge in [0.15, 0.2) is 5.78 Å². The SMILES string of the molecule is CCOCC(=O)C(O)c1ccccc1. The van der Waals surface area contributed by atoms with Crippen LogP contribution in [0, 0.1) is 0 Å². The molecule has 0 fully saturated rings. The standard InChI is InChI=1S/C11H14O3/c1-2-14-8-10(12)11(13)9-6-4-3-5-7-9/h3-7,11,13H,2,8H2,1H3. The highest BCUT2D eigenvalue weighted by molar-refractivity contribution is 5.85. The fraction of sp³-hybridized carbons (Fsp3) is 0.364. The first-order chi connectivity index (χ1) is 6.75. The first-order valence-electron chi connectivity index (χ1n) is 4.59. The Balaban J connectivity index is 2.57. The van der Waals surface area contributed by atoms with Gasteiger partial charge in [-0.2, -0.15) is 0 Å². The van der Waals surface area contributed by atoms with E-state index in [1.54, 1.807) is 24.3 Å². The first kappa shape index (κ1) is 10.9. The second-order valence-electron chi connectivity index (χ2n) is 2.92. The van der Waals surface area contributed by atoms with Crippen molar-refractivity contribution in [1.82, 2.24) is 0 Å². The highest BCUT2D eigenvalue weighted by atomic mass is 16.5. The summed E-state index contributed by atoms with van der Waals surface area (Å²) >= 11 is 0. The average molecular weight is 194 g/mol. The Bertz CT molecular complexity index is 282. The minimum atomic E-state index is -1.07. The molecule has 0 spiro atoms. The van der Waals surface area contributed by atoms with Crippen molar-refractivity contribution < 1.29 is 14.6 Å². The lowest BCUT2D eigenvalue weighted by molar-refractivity contribution is -0.132. The molecule has 0 saturated heterocycles. The van der Waals surface area contributed by atoms with Crippen LogP contribution in [0.5, 0.6) is 0 Å². The zero-order chi connectivity index (χ0) is 10.4. The maximum Gasteiger partial charge on any atom is 0.191 e. The number of benzene rings is 1. The van der Waals surface area contributed by atoms with Crippen LogP contribution in [0.2, 0.25) is 0 Å². The molecular formula is C11H14O3. The molecule has 1 unspecified atom stereocenters. The van der Waals surface area contributed by atoms with Crippen molar-refractivity contribution in [3.05, 3.63) is 35.9 Å². The number of carbonyl (C=O) groups excluding carboxylic acids is 1. The fourth-order valence-electron chi connectivity index (χ4n) is 1.10. The van der Waals surface area contributed by atoms with E-state index in [2.05, 4.69) is 0 Å². The van der Waals surface area contributed by atoms with Crippen LogP contribution in [0.4, 0.5) is 0 Å². The molecule has 3 nitrogen and oxygen atoms in total. The summed E-state index contributed by atoms with van der Waals surface area (Å²) in [5.74, 6) is -0.307. The lowest BCUT2D eigenvalue weighted by Gasteiger charge is -2.09. The van der Waals surface area contributed by atoms with Gasteiger partial charge in [0.2, 0.25) is 0 Å². The van der Waals surface area contributed by atoms with E-state index in [0.717, 1.165) is 0 Å². The van der Waals surface area contributed by atoms with Crippen molar-refractivity contribution in [3.8, 4) is 0 Å². The van der Waals surface area contributed by atoms with Gasteiger partial charge in [-0.05, 0) is 12.5 Å². The van der Waals surface area contributed by atoms with Crippen LogP contribution in [0.3, 0.4) is 0 Å². The fourth-order valence-corrected chi connectivity index (χ4v) is 1.10. The number of rotatable bonds is 5. The Morgan fingerprint density at radius 2 is 2.07 bits per heavy atom. The summed E-state index contributed by atoms with van der Waals surface area (Å²) in [4.78, 5) is 11.3. The zero-order valence-corrected chi connectivity index (χ0v) is 8.14. The molecule has 1 atom stereocenters. The zero-order valence-electron chi connectivity index (χ0n) is 8.14. The molecule has 0 saturated carbocycles. The Morgan fingerprint density at radius 1 is 1.43 bits per heavy atom. The van der Waals surface area contributed by atoms with Crippen molar-refractivity contribution in [2.24, 2.45) is 0 Å². The van der Waals surface area contributed by atoms with Gasteiger partial charge in [0, 0.05) is 6.61 Å². The van der Waals surface area contributed by atoms with E-state index in [4.69, 9.17) is 4.74 Å². The third kappa shape index (κ3) is 2.94. The predicted octanol–water partition coefficient (Wildman–Crippen LogP) is 1.33. The van der Waals surface area contributed by atoms with Gasteiger partial charge < -0.3 is 9.84 Å². The molecule has 1 N–H and O–H groups in total. The molecule has 0 radical (unpaired) electrons. The van der Waals surface area contributed by atoms with Gasteiger partial charge in [-0.25, -0.2) is 0 Å². The molecule has 1 rings (SSSR count). The van der Waals surface area contributed by atoms with Gasteiger partial charge in [-0.15, -0.1) is 0 Å². The van der Waals surface area contributed by atoms with Gasteiger partial charge in [-0.1, -0.05) is 30.3 Å². The van der Waals surface area contributed by atoms with Crippen LogP contribution in [0.1, 0.15) is 18.6 Å². The molecule has 0 bridgehead atoms.